The molecule has 0 radical (unpaired) electrons. The highest BCUT2D eigenvalue weighted by Crippen LogP contribution is 2.18. The Labute approximate surface area is 99.2 Å². The smallest absolute Gasteiger partial charge is 0.391 e. The molecule has 16 heavy (non-hydrogen) atoms. The highest BCUT2D eigenvalue weighted by Gasteiger charge is 2.47. The van der Waals surface area contributed by atoms with Gasteiger partial charge in [-0.1, -0.05) is 6.92 Å². The Kier molecular flexibility index (Phi) is 7.37. The van der Waals surface area contributed by atoms with Crippen LogP contribution in [0.25, 0.3) is 0 Å². The monoisotopic (exact) mass is 251 g/mol. The van der Waals surface area contributed by atoms with Crippen LogP contribution in [0.4, 0.5) is 0 Å². The Hall–Kier alpha value is 0.0169. The van der Waals surface area contributed by atoms with Gasteiger partial charge in [-0.05, 0) is 27.2 Å². The Morgan fingerprint density at radius 1 is 1.31 bits per heavy atom. The molecule has 3 N–H and O–H groups in total. The fraction of sp³-hybridized carbons (Fsp3) is 1.00. The van der Waals surface area contributed by atoms with Crippen LogP contribution in [-0.2, 0) is 13.3 Å². The standard InChI is InChI=1S/C10H25NO4Si/c1-6-10(11)16(13-5,14-7-2)15-9(4)8(3)12/h8-10,12H,6-7,11H2,1-5H3. The Morgan fingerprint density at radius 3 is 2.19 bits per heavy atom. The molecule has 0 fully saturated rings. The number of hydrogen-bond acceptors (Lipinski definition) is 5. The molecule has 0 saturated carbocycles. The first-order valence-corrected chi connectivity index (χ1v) is 7.54. The molecule has 0 rings (SSSR count). The lowest BCUT2D eigenvalue weighted by molar-refractivity contribution is -0.0115. The van der Waals surface area contributed by atoms with Gasteiger partial charge in [0.15, 0.2) is 0 Å². The number of nitrogens with two attached hydrogens (primary N) is 1. The third kappa shape index (κ3) is 4.12. The fourth-order valence-electron chi connectivity index (χ4n) is 1.30. The maximum Gasteiger partial charge on any atom is 0.518 e. The molecular formula is C10H25NO4Si. The van der Waals surface area contributed by atoms with Crippen molar-refractivity contribution in [2.75, 3.05) is 13.7 Å². The van der Waals surface area contributed by atoms with Crippen LogP contribution >= 0.6 is 0 Å². The average molecular weight is 251 g/mol. The summed E-state index contributed by atoms with van der Waals surface area (Å²) < 4.78 is 16.8. The van der Waals surface area contributed by atoms with Gasteiger partial charge >= 0.3 is 8.80 Å². The summed E-state index contributed by atoms with van der Waals surface area (Å²) in [7, 11) is -1.33. The van der Waals surface area contributed by atoms with Crippen molar-refractivity contribution in [2.24, 2.45) is 5.73 Å². The highest BCUT2D eigenvalue weighted by atomic mass is 28.4. The third-order valence-electron chi connectivity index (χ3n) is 2.55. The summed E-state index contributed by atoms with van der Waals surface area (Å²) >= 11 is 0. The van der Waals surface area contributed by atoms with Crippen molar-refractivity contribution in [1.82, 2.24) is 0 Å². The van der Waals surface area contributed by atoms with Gasteiger partial charge in [-0.25, -0.2) is 0 Å². The molecule has 4 atom stereocenters. The summed E-state index contributed by atoms with van der Waals surface area (Å²) in [5, 5.41) is 9.45. The van der Waals surface area contributed by atoms with E-state index in [2.05, 4.69) is 0 Å². The number of aliphatic hydroxyl groups excluding tert-OH is 1. The zero-order valence-corrected chi connectivity index (χ0v) is 11.9. The van der Waals surface area contributed by atoms with E-state index in [1.807, 2.05) is 13.8 Å². The van der Waals surface area contributed by atoms with Crippen LogP contribution in [0.3, 0.4) is 0 Å². The topological polar surface area (TPSA) is 73.9 Å². The van der Waals surface area contributed by atoms with Gasteiger partial charge in [0.2, 0.25) is 0 Å². The fourth-order valence-corrected chi connectivity index (χ4v) is 3.89. The van der Waals surface area contributed by atoms with E-state index in [1.165, 1.54) is 0 Å². The minimum atomic E-state index is -2.88. The summed E-state index contributed by atoms with van der Waals surface area (Å²) in [6, 6.07) is 0. The van der Waals surface area contributed by atoms with E-state index in [4.69, 9.17) is 19.0 Å². The van der Waals surface area contributed by atoms with Crippen molar-refractivity contribution in [3.8, 4) is 0 Å². The minimum Gasteiger partial charge on any atom is -0.391 e. The molecule has 4 unspecified atom stereocenters. The summed E-state index contributed by atoms with van der Waals surface area (Å²) in [4.78, 5) is 0. The van der Waals surface area contributed by atoms with Gasteiger partial charge in [0.25, 0.3) is 0 Å². The normalized spacial score (nSPS) is 21.2. The predicted molar refractivity (Wildman–Crippen MR) is 64.9 cm³/mol. The van der Waals surface area contributed by atoms with Gasteiger partial charge in [-0.15, -0.1) is 0 Å². The van der Waals surface area contributed by atoms with Crippen molar-refractivity contribution in [3.05, 3.63) is 0 Å². The molecular weight excluding hydrogens is 226 g/mol. The van der Waals surface area contributed by atoms with Crippen LogP contribution in [0, 0.1) is 0 Å². The van der Waals surface area contributed by atoms with Crippen LogP contribution < -0.4 is 5.73 Å². The molecule has 0 aliphatic carbocycles. The highest BCUT2D eigenvalue weighted by molar-refractivity contribution is 6.62. The quantitative estimate of drug-likeness (QED) is 0.620. The van der Waals surface area contributed by atoms with E-state index in [-0.39, 0.29) is 11.8 Å². The van der Waals surface area contributed by atoms with Gasteiger partial charge in [0.05, 0.1) is 17.9 Å². The van der Waals surface area contributed by atoms with Crippen molar-refractivity contribution in [2.45, 2.75) is 52.0 Å². The molecule has 0 aromatic carbocycles. The van der Waals surface area contributed by atoms with E-state index in [9.17, 15) is 5.11 Å². The maximum atomic E-state index is 9.45. The summed E-state index contributed by atoms with van der Waals surface area (Å²) in [5.41, 5.74) is 5.74. The maximum absolute atomic E-state index is 9.45. The van der Waals surface area contributed by atoms with Crippen LogP contribution in [0.15, 0.2) is 0 Å². The third-order valence-corrected chi connectivity index (χ3v) is 5.83. The van der Waals surface area contributed by atoms with E-state index in [0.29, 0.717) is 13.0 Å². The number of rotatable bonds is 8. The van der Waals surface area contributed by atoms with Gasteiger partial charge in [0, 0.05) is 13.7 Å². The number of hydrogen-bond donors (Lipinski definition) is 2. The summed E-state index contributed by atoms with van der Waals surface area (Å²) in [6.07, 6.45) is -0.214. The Morgan fingerprint density at radius 2 is 1.88 bits per heavy atom. The van der Waals surface area contributed by atoms with Gasteiger partial charge in [-0.3, -0.25) is 0 Å². The summed E-state index contributed by atoms with van der Waals surface area (Å²) in [6.45, 7) is 7.77. The average Bonchev–Trinajstić information content (AvgIpc) is 2.26. The molecule has 0 spiro atoms. The molecule has 0 saturated heterocycles. The van der Waals surface area contributed by atoms with Crippen LogP contribution in [0.5, 0.6) is 0 Å². The lowest BCUT2D eigenvalue weighted by Crippen LogP contribution is -2.61. The summed E-state index contributed by atoms with van der Waals surface area (Å²) in [5.74, 6) is 0. The largest absolute Gasteiger partial charge is 0.518 e. The van der Waals surface area contributed by atoms with Crippen molar-refractivity contribution < 1.29 is 18.4 Å². The first-order chi connectivity index (χ1) is 7.43. The number of aliphatic hydroxyl groups is 1. The first-order valence-electron chi connectivity index (χ1n) is 5.74. The predicted octanol–water partition coefficient (Wildman–Crippen LogP) is 0.671. The molecule has 5 nitrogen and oxygen atoms in total. The zero-order chi connectivity index (χ0) is 12.8. The SMILES string of the molecule is CCO[Si](OC)(OC(C)C(C)O)C(N)CC. The van der Waals surface area contributed by atoms with Crippen LogP contribution in [0.2, 0.25) is 0 Å². The van der Waals surface area contributed by atoms with E-state index < -0.39 is 14.9 Å². The molecule has 0 amide bonds. The Bertz CT molecular complexity index is 194. The lowest BCUT2D eigenvalue weighted by Gasteiger charge is -2.35. The molecule has 0 aliphatic heterocycles. The van der Waals surface area contributed by atoms with E-state index in [1.54, 1.807) is 21.0 Å². The second kappa shape index (κ2) is 7.36. The van der Waals surface area contributed by atoms with Crippen molar-refractivity contribution in [3.63, 3.8) is 0 Å². The van der Waals surface area contributed by atoms with Gasteiger partial charge in [0.1, 0.15) is 0 Å². The molecule has 0 bridgehead atoms. The second-order valence-corrected chi connectivity index (χ2v) is 6.70. The zero-order valence-electron chi connectivity index (χ0n) is 10.9. The molecule has 0 heterocycles. The first kappa shape index (κ1) is 16.0. The van der Waals surface area contributed by atoms with Crippen molar-refractivity contribution in [1.29, 1.82) is 0 Å². The lowest BCUT2D eigenvalue weighted by atomic mass is 10.3. The molecule has 6 heteroatoms. The molecule has 0 aromatic heterocycles. The molecule has 0 aliphatic rings. The van der Waals surface area contributed by atoms with E-state index >= 15 is 0 Å². The van der Waals surface area contributed by atoms with Crippen molar-refractivity contribution >= 4 is 8.80 Å². The van der Waals surface area contributed by atoms with Crippen LogP contribution in [-0.4, -0.2) is 45.5 Å². The van der Waals surface area contributed by atoms with E-state index in [0.717, 1.165) is 0 Å². The Balaban J connectivity index is 4.75. The van der Waals surface area contributed by atoms with Gasteiger partial charge < -0.3 is 24.1 Å². The molecule has 0 aromatic rings. The molecule has 98 valence electrons. The van der Waals surface area contributed by atoms with Crippen LogP contribution in [0.1, 0.15) is 34.1 Å². The second-order valence-electron chi connectivity index (χ2n) is 3.82. The minimum absolute atomic E-state index is 0.265. The van der Waals surface area contributed by atoms with Gasteiger partial charge in [-0.2, -0.15) is 0 Å².